The lowest BCUT2D eigenvalue weighted by Crippen LogP contribution is -2.46. The first-order valence-electron chi connectivity index (χ1n) is 8.31. The van der Waals surface area contributed by atoms with Crippen LogP contribution in [0.25, 0.3) is 0 Å². The summed E-state index contributed by atoms with van der Waals surface area (Å²) < 4.78 is 15.1. The zero-order valence-corrected chi connectivity index (χ0v) is 15.0. The van der Waals surface area contributed by atoms with Crippen LogP contribution in [0, 0.1) is 0 Å². The number of carbonyl (C=O) groups is 4. The van der Waals surface area contributed by atoms with E-state index in [0.29, 0.717) is 23.6 Å². The number of fused-ring (bicyclic) bond motifs is 1. The Bertz CT molecular complexity index is 735. The number of benzene rings is 1. The van der Waals surface area contributed by atoms with Crippen molar-refractivity contribution in [3.63, 3.8) is 0 Å². The zero-order valence-electron chi connectivity index (χ0n) is 15.0. The second-order valence-electron chi connectivity index (χ2n) is 5.60. The van der Waals surface area contributed by atoms with E-state index in [2.05, 4.69) is 16.0 Å². The molecule has 10 nitrogen and oxygen atoms in total. The van der Waals surface area contributed by atoms with Gasteiger partial charge in [-0.25, -0.2) is 0 Å². The Morgan fingerprint density at radius 2 is 1.89 bits per heavy atom. The van der Waals surface area contributed by atoms with Crippen LogP contribution in [0.2, 0.25) is 0 Å². The van der Waals surface area contributed by atoms with Gasteiger partial charge in [-0.15, -0.1) is 0 Å². The summed E-state index contributed by atoms with van der Waals surface area (Å²) >= 11 is 0. The standard InChI is InChI=1S/C17H21N3O7/c1-3-18-16(23)10(2)20-14(21)8-25-15(22)7-19-17(24)11-4-5-12-13(6-11)27-9-26-12/h4-6,10H,3,7-9H2,1-2H3,(H,18,23)(H,19,24)(H,20,21)/t10-/m0/s1. The molecule has 0 unspecified atom stereocenters. The molecule has 0 fully saturated rings. The lowest BCUT2D eigenvalue weighted by atomic mass is 10.2. The molecule has 10 heteroatoms. The highest BCUT2D eigenvalue weighted by Crippen LogP contribution is 2.32. The molecule has 27 heavy (non-hydrogen) atoms. The maximum Gasteiger partial charge on any atom is 0.325 e. The van der Waals surface area contributed by atoms with E-state index in [0.717, 1.165) is 0 Å². The van der Waals surface area contributed by atoms with E-state index < -0.39 is 37.0 Å². The van der Waals surface area contributed by atoms with Crippen LogP contribution in [0.1, 0.15) is 24.2 Å². The maximum atomic E-state index is 12.0. The number of hydrogen-bond acceptors (Lipinski definition) is 7. The Labute approximate surface area is 155 Å². The van der Waals surface area contributed by atoms with Crippen LogP contribution >= 0.6 is 0 Å². The second kappa shape index (κ2) is 9.41. The van der Waals surface area contributed by atoms with Crippen molar-refractivity contribution in [2.75, 3.05) is 26.5 Å². The number of nitrogens with one attached hydrogen (secondary N) is 3. The highest BCUT2D eigenvalue weighted by Gasteiger charge is 2.18. The minimum absolute atomic E-state index is 0.0908. The third kappa shape index (κ3) is 5.87. The van der Waals surface area contributed by atoms with Crippen LogP contribution in [0.5, 0.6) is 11.5 Å². The van der Waals surface area contributed by atoms with E-state index in [4.69, 9.17) is 14.2 Å². The monoisotopic (exact) mass is 379 g/mol. The zero-order chi connectivity index (χ0) is 19.8. The Balaban J connectivity index is 1.70. The van der Waals surface area contributed by atoms with Crippen molar-refractivity contribution in [3.05, 3.63) is 23.8 Å². The van der Waals surface area contributed by atoms with Crippen LogP contribution in [-0.2, 0) is 19.1 Å². The molecular formula is C17H21N3O7. The largest absolute Gasteiger partial charge is 0.454 e. The summed E-state index contributed by atoms with van der Waals surface area (Å²) in [4.78, 5) is 46.8. The predicted octanol–water partition coefficient (Wildman–Crippen LogP) is -0.671. The fourth-order valence-electron chi connectivity index (χ4n) is 2.17. The molecule has 1 aliphatic rings. The third-order valence-electron chi connectivity index (χ3n) is 3.51. The van der Waals surface area contributed by atoms with Crippen molar-refractivity contribution in [2.24, 2.45) is 0 Å². The fraction of sp³-hybridized carbons (Fsp3) is 0.412. The van der Waals surface area contributed by atoms with Gasteiger partial charge in [-0.05, 0) is 32.0 Å². The number of likely N-dealkylation sites (N-methyl/N-ethyl adjacent to an activating group) is 1. The highest BCUT2D eigenvalue weighted by molar-refractivity contribution is 5.96. The molecule has 1 aliphatic heterocycles. The van der Waals surface area contributed by atoms with Gasteiger partial charge >= 0.3 is 5.97 Å². The summed E-state index contributed by atoms with van der Waals surface area (Å²) in [5.41, 5.74) is 0.292. The molecule has 0 spiro atoms. The molecule has 1 atom stereocenters. The van der Waals surface area contributed by atoms with E-state index in [1.54, 1.807) is 13.0 Å². The van der Waals surface area contributed by atoms with Crippen molar-refractivity contribution >= 4 is 23.7 Å². The summed E-state index contributed by atoms with van der Waals surface area (Å²) in [6, 6.07) is 3.88. The van der Waals surface area contributed by atoms with E-state index in [1.807, 2.05) is 0 Å². The van der Waals surface area contributed by atoms with Gasteiger partial charge in [0.25, 0.3) is 11.8 Å². The van der Waals surface area contributed by atoms with Crippen LogP contribution < -0.4 is 25.4 Å². The molecule has 0 radical (unpaired) electrons. The number of esters is 1. The van der Waals surface area contributed by atoms with Crippen molar-refractivity contribution in [1.29, 1.82) is 0 Å². The summed E-state index contributed by atoms with van der Waals surface area (Å²) in [5.74, 6) is -1.26. The molecular weight excluding hydrogens is 358 g/mol. The number of rotatable bonds is 8. The van der Waals surface area contributed by atoms with Gasteiger partial charge in [-0.3, -0.25) is 19.2 Å². The molecule has 0 saturated carbocycles. The summed E-state index contributed by atoms with van der Waals surface area (Å²) in [7, 11) is 0. The van der Waals surface area contributed by atoms with Gasteiger partial charge in [0.15, 0.2) is 18.1 Å². The first kappa shape index (κ1) is 20.0. The molecule has 3 N–H and O–H groups in total. The van der Waals surface area contributed by atoms with Gasteiger partial charge < -0.3 is 30.2 Å². The smallest absolute Gasteiger partial charge is 0.325 e. The SMILES string of the molecule is CCNC(=O)[C@H](C)NC(=O)COC(=O)CNC(=O)c1ccc2c(c1)OCO2. The van der Waals surface area contributed by atoms with E-state index in [1.165, 1.54) is 19.1 Å². The molecule has 0 aromatic heterocycles. The summed E-state index contributed by atoms with van der Waals surface area (Å²) in [5, 5.41) is 7.33. The molecule has 146 valence electrons. The second-order valence-corrected chi connectivity index (χ2v) is 5.60. The van der Waals surface area contributed by atoms with Gasteiger partial charge in [0.1, 0.15) is 12.6 Å². The highest BCUT2D eigenvalue weighted by atomic mass is 16.7. The van der Waals surface area contributed by atoms with Gasteiger partial charge in [0.2, 0.25) is 12.7 Å². The Hall–Kier alpha value is -3.30. The van der Waals surface area contributed by atoms with Gasteiger partial charge in [-0.1, -0.05) is 0 Å². The van der Waals surface area contributed by atoms with Crippen LogP contribution in [-0.4, -0.2) is 56.2 Å². The van der Waals surface area contributed by atoms with E-state index >= 15 is 0 Å². The normalized spacial score (nSPS) is 12.7. The molecule has 1 heterocycles. The molecule has 2 rings (SSSR count). The molecule has 3 amide bonds. The van der Waals surface area contributed by atoms with Gasteiger partial charge in [0.05, 0.1) is 0 Å². The lowest BCUT2D eigenvalue weighted by molar-refractivity contribution is -0.147. The predicted molar refractivity (Wildman–Crippen MR) is 92.1 cm³/mol. The average molecular weight is 379 g/mol. The number of ether oxygens (including phenoxy) is 3. The van der Waals surface area contributed by atoms with Crippen molar-refractivity contribution in [2.45, 2.75) is 19.9 Å². The van der Waals surface area contributed by atoms with Crippen LogP contribution in [0.3, 0.4) is 0 Å². The first-order valence-corrected chi connectivity index (χ1v) is 8.31. The van der Waals surface area contributed by atoms with Gasteiger partial charge in [0, 0.05) is 12.1 Å². The van der Waals surface area contributed by atoms with E-state index in [9.17, 15) is 19.2 Å². The van der Waals surface area contributed by atoms with Crippen LogP contribution in [0.4, 0.5) is 0 Å². The Kier molecular flexibility index (Phi) is 6.98. The minimum Gasteiger partial charge on any atom is -0.454 e. The summed E-state index contributed by atoms with van der Waals surface area (Å²) in [6.07, 6.45) is 0. The molecule has 1 aromatic carbocycles. The molecule has 0 saturated heterocycles. The maximum absolute atomic E-state index is 12.0. The van der Waals surface area contributed by atoms with Crippen LogP contribution in [0.15, 0.2) is 18.2 Å². The van der Waals surface area contributed by atoms with Crippen molar-refractivity contribution in [3.8, 4) is 11.5 Å². The first-order chi connectivity index (χ1) is 12.9. The number of amides is 3. The quantitative estimate of drug-likeness (QED) is 0.510. The minimum atomic E-state index is -0.787. The fourth-order valence-corrected chi connectivity index (χ4v) is 2.17. The Morgan fingerprint density at radius 3 is 2.63 bits per heavy atom. The molecule has 0 bridgehead atoms. The number of carbonyl (C=O) groups excluding carboxylic acids is 4. The van der Waals surface area contributed by atoms with Crippen molar-refractivity contribution in [1.82, 2.24) is 16.0 Å². The average Bonchev–Trinajstić information content (AvgIpc) is 3.12. The van der Waals surface area contributed by atoms with E-state index in [-0.39, 0.29) is 12.7 Å². The molecule has 1 aromatic rings. The number of hydrogen-bond donors (Lipinski definition) is 3. The molecule has 0 aliphatic carbocycles. The lowest BCUT2D eigenvalue weighted by Gasteiger charge is -2.13. The third-order valence-corrected chi connectivity index (χ3v) is 3.51. The van der Waals surface area contributed by atoms with Crippen molar-refractivity contribution < 1.29 is 33.4 Å². The Morgan fingerprint density at radius 1 is 1.15 bits per heavy atom. The topological polar surface area (TPSA) is 132 Å². The summed E-state index contributed by atoms with van der Waals surface area (Å²) in [6.45, 7) is 2.84. The van der Waals surface area contributed by atoms with Gasteiger partial charge in [-0.2, -0.15) is 0 Å².